The van der Waals surface area contributed by atoms with E-state index in [1.165, 1.54) is 83.5 Å². The van der Waals surface area contributed by atoms with Crippen molar-refractivity contribution in [2.24, 2.45) is 5.73 Å². The second kappa shape index (κ2) is 17.9. The third-order valence-electron chi connectivity index (χ3n) is 5.38. The summed E-state index contributed by atoms with van der Waals surface area (Å²) in [6.07, 6.45) is 18.7. The quantitative estimate of drug-likeness (QED) is 0.157. The minimum absolute atomic E-state index is 0.219. The Bertz CT molecular complexity index is 311. The Balaban J connectivity index is 3.29. The van der Waals surface area contributed by atoms with Gasteiger partial charge < -0.3 is 26.2 Å². The molecule has 0 saturated heterocycles. The Morgan fingerprint density at radius 1 is 0.630 bits per heavy atom. The van der Waals surface area contributed by atoms with Gasteiger partial charge in [0.1, 0.15) is 0 Å². The van der Waals surface area contributed by atoms with Crippen LogP contribution in [0.4, 0.5) is 0 Å². The average molecular weight is 390 g/mol. The molecule has 0 aliphatic rings. The fourth-order valence-corrected chi connectivity index (χ4v) is 3.54. The molecule has 0 aromatic carbocycles. The molecule has 0 amide bonds. The second-order valence-electron chi connectivity index (χ2n) is 8.32. The van der Waals surface area contributed by atoms with Crippen LogP contribution in [0.3, 0.4) is 0 Å². The van der Waals surface area contributed by atoms with Gasteiger partial charge in [0.15, 0.2) is 12.1 Å². The molecule has 0 aliphatic heterocycles. The number of nitrogens with two attached hydrogens (primary N) is 1. The molecule has 0 heterocycles. The van der Waals surface area contributed by atoms with Gasteiger partial charge in [0.2, 0.25) is 0 Å². The molecule has 5 heteroatoms. The summed E-state index contributed by atoms with van der Waals surface area (Å²) in [6.45, 7) is 2.26. The lowest BCUT2D eigenvalue weighted by Gasteiger charge is -2.26. The van der Waals surface area contributed by atoms with Gasteiger partial charge in [-0.3, -0.25) is 0 Å². The van der Waals surface area contributed by atoms with E-state index in [-0.39, 0.29) is 12.8 Å². The van der Waals surface area contributed by atoms with Gasteiger partial charge in [-0.25, -0.2) is 0 Å². The second-order valence-corrected chi connectivity index (χ2v) is 8.32. The number of unbranched alkanes of at least 4 members (excludes halogenated alkanes) is 15. The van der Waals surface area contributed by atoms with E-state index in [2.05, 4.69) is 6.92 Å². The summed E-state index contributed by atoms with van der Waals surface area (Å²) in [5.41, 5.74) is 5.44. The lowest BCUT2D eigenvalue weighted by atomic mass is 9.99. The molecule has 6 N–H and O–H groups in total. The van der Waals surface area contributed by atoms with Crippen molar-refractivity contribution in [1.29, 1.82) is 0 Å². The summed E-state index contributed by atoms with van der Waals surface area (Å²) in [7, 11) is 0. The normalized spacial score (nSPS) is 13.4. The summed E-state index contributed by atoms with van der Waals surface area (Å²) in [5, 5.41) is 37.4. The maximum atomic E-state index is 9.80. The molecular formula is C22H47NO4. The minimum Gasteiger partial charge on any atom is -0.367 e. The monoisotopic (exact) mass is 389 g/mol. The number of hydrogen-bond acceptors (Lipinski definition) is 5. The van der Waals surface area contributed by atoms with Gasteiger partial charge in [-0.05, 0) is 6.42 Å². The van der Waals surface area contributed by atoms with Crippen LogP contribution < -0.4 is 5.73 Å². The van der Waals surface area contributed by atoms with Crippen LogP contribution in [0.1, 0.15) is 122 Å². The van der Waals surface area contributed by atoms with Crippen LogP contribution in [0.5, 0.6) is 0 Å². The molecule has 1 atom stereocenters. The molecular weight excluding hydrogens is 342 g/mol. The maximum absolute atomic E-state index is 9.80. The van der Waals surface area contributed by atoms with E-state index in [0.717, 1.165) is 19.3 Å². The number of rotatable bonds is 20. The Morgan fingerprint density at radius 3 is 1.30 bits per heavy atom. The highest BCUT2D eigenvalue weighted by molar-refractivity contribution is 4.74. The van der Waals surface area contributed by atoms with Gasteiger partial charge >= 0.3 is 0 Å². The molecule has 1 unspecified atom stereocenters. The molecule has 0 rings (SSSR count). The van der Waals surface area contributed by atoms with Crippen molar-refractivity contribution in [2.75, 3.05) is 0 Å². The molecule has 0 aliphatic carbocycles. The summed E-state index contributed by atoms with van der Waals surface area (Å²) >= 11 is 0. The summed E-state index contributed by atoms with van der Waals surface area (Å²) in [6, 6.07) is -1.03. The van der Waals surface area contributed by atoms with Crippen LogP contribution in [0, 0.1) is 0 Å². The number of aliphatic hydroxyl groups is 4. The van der Waals surface area contributed by atoms with Gasteiger partial charge in [0, 0.05) is 12.8 Å². The molecule has 0 radical (unpaired) electrons. The highest BCUT2D eigenvalue weighted by Crippen LogP contribution is 2.19. The summed E-state index contributed by atoms with van der Waals surface area (Å²) in [4.78, 5) is 0. The zero-order valence-electron chi connectivity index (χ0n) is 17.7. The fourth-order valence-electron chi connectivity index (χ4n) is 3.54. The molecule has 0 saturated carbocycles. The zero-order chi connectivity index (χ0) is 20.4. The third kappa shape index (κ3) is 18.9. The molecule has 0 aromatic rings. The number of aliphatic hydroxyl groups excluding tert-OH is 1. The number of hydrogen-bond donors (Lipinski definition) is 5. The first-order valence-electron chi connectivity index (χ1n) is 11.5. The Labute approximate surface area is 167 Å². The first kappa shape index (κ1) is 26.8. The molecule has 0 spiro atoms. The van der Waals surface area contributed by atoms with E-state index in [9.17, 15) is 10.2 Å². The molecule has 0 bridgehead atoms. The molecule has 164 valence electrons. The summed E-state index contributed by atoms with van der Waals surface area (Å²) in [5.74, 6) is -1.90. The molecule has 5 nitrogen and oxygen atoms in total. The van der Waals surface area contributed by atoms with Crippen molar-refractivity contribution >= 4 is 0 Å². The molecule has 27 heavy (non-hydrogen) atoms. The van der Waals surface area contributed by atoms with Gasteiger partial charge in [-0.1, -0.05) is 103 Å². The predicted octanol–water partition coefficient (Wildman–Crippen LogP) is 4.35. The SMILES string of the molecule is CCCCCCCCCCCCCCCCCCC(O)(O)CC(N)C(O)O. The van der Waals surface area contributed by atoms with Gasteiger partial charge in [-0.15, -0.1) is 0 Å². The first-order chi connectivity index (χ1) is 12.9. The Kier molecular flexibility index (Phi) is 17.7. The lowest BCUT2D eigenvalue weighted by molar-refractivity contribution is -0.187. The van der Waals surface area contributed by atoms with Gasteiger partial charge in [0.05, 0.1) is 6.04 Å². The van der Waals surface area contributed by atoms with E-state index in [1.807, 2.05) is 0 Å². The zero-order valence-corrected chi connectivity index (χ0v) is 17.7. The van der Waals surface area contributed by atoms with Gasteiger partial charge in [0.25, 0.3) is 0 Å². The van der Waals surface area contributed by atoms with Crippen molar-refractivity contribution in [3.05, 3.63) is 0 Å². The fraction of sp³-hybridized carbons (Fsp3) is 1.00. The Hall–Kier alpha value is -0.200. The van der Waals surface area contributed by atoms with Crippen LogP contribution in [-0.2, 0) is 0 Å². The van der Waals surface area contributed by atoms with Crippen molar-refractivity contribution in [3.8, 4) is 0 Å². The summed E-state index contributed by atoms with van der Waals surface area (Å²) < 4.78 is 0. The molecule has 0 fully saturated rings. The standard InChI is InChI=1S/C22H47NO4/c1-2-3-4-5-6-7-8-9-10-11-12-13-14-15-16-17-18-22(26,27)19-20(23)21(24)25/h20-21,24-27H,2-19,23H2,1H3. The highest BCUT2D eigenvalue weighted by Gasteiger charge is 2.28. The lowest BCUT2D eigenvalue weighted by Crippen LogP contribution is -2.43. The van der Waals surface area contributed by atoms with E-state index in [1.54, 1.807) is 0 Å². The first-order valence-corrected chi connectivity index (χ1v) is 11.5. The van der Waals surface area contributed by atoms with E-state index in [0.29, 0.717) is 0 Å². The largest absolute Gasteiger partial charge is 0.367 e. The topological polar surface area (TPSA) is 107 Å². The van der Waals surface area contributed by atoms with Crippen LogP contribution in [0.2, 0.25) is 0 Å². The van der Waals surface area contributed by atoms with E-state index < -0.39 is 18.1 Å². The van der Waals surface area contributed by atoms with E-state index in [4.69, 9.17) is 15.9 Å². The van der Waals surface area contributed by atoms with Crippen LogP contribution in [-0.4, -0.2) is 38.5 Å². The van der Waals surface area contributed by atoms with Crippen molar-refractivity contribution in [2.45, 2.75) is 141 Å². The van der Waals surface area contributed by atoms with Gasteiger partial charge in [-0.2, -0.15) is 0 Å². The van der Waals surface area contributed by atoms with E-state index >= 15 is 0 Å². The van der Waals surface area contributed by atoms with Crippen LogP contribution in [0.25, 0.3) is 0 Å². The smallest absolute Gasteiger partial charge is 0.167 e. The van der Waals surface area contributed by atoms with Crippen molar-refractivity contribution in [3.63, 3.8) is 0 Å². The minimum atomic E-state index is -1.90. The predicted molar refractivity (Wildman–Crippen MR) is 112 cm³/mol. The van der Waals surface area contributed by atoms with Crippen molar-refractivity contribution < 1.29 is 20.4 Å². The Morgan fingerprint density at radius 2 is 0.963 bits per heavy atom. The maximum Gasteiger partial charge on any atom is 0.167 e. The van der Waals surface area contributed by atoms with Crippen LogP contribution in [0.15, 0.2) is 0 Å². The third-order valence-corrected chi connectivity index (χ3v) is 5.38. The highest BCUT2D eigenvalue weighted by atomic mass is 16.5. The average Bonchev–Trinajstić information content (AvgIpc) is 2.60. The van der Waals surface area contributed by atoms with Crippen LogP contribution >= 0.6 is 0 Å². The molecule has 0 aromatic heterocycles. The van der Waals surface area contributed by atoms with Crippen molar-refractivity contribution in [1.82, 2.24) is 0 Å².